The monoisotopic (exact) mass is 311 g/mol. The summed E-state index contributed by atoms with van der Waals surface area (Å²) in [4.78, 5) is 14.0. The second-order valence-corrected chi connectivity index (χ2v) is 5.99. The number of aryl methyl sites for hydroxylation is 2. The maximum atomic E-state index is 11.9. The van der Waals surface area contributed by atoms with Crippen LogP contribution in [0.3, 0.4) is 0 Å². The van der Waals surface area contributed by atoms with Gasteiger partial charge in [0, 0.05) is 32.0 Å². The quantitative estimate of drug-likeness (QED) is 0.883. The van der Waals surface area contributed by atoms with Crippen molar-refractivity contribution in [2.75, 3.05) is 30.9 Å². The van der Waals surface area contributed by atoms with Crippen molar-refractivity contribution in [3.63, 3.8) is 0 Å². The fourth-order valence-electron chi connectivity index (χ4n) is 2.28. The number of hydrogen-bond donors (Lipinski definition) is 2. The summed E-state index contributed by atoms with van der Waals surface area (Å²) in [6.07, 6.45) is 0.814. The number of hydrogen-bond acceptors (Lipinski definition) is 2. The lowest BCUT2D eigenvalue weighted by molar-refractivity contribution is 0.252. The third-order valence-electron chi connectivity index (χ3n) is 3.92. The molecule has 0 aliphatic carbocycles. The molecule has 2 amide bonds. The summed E-state index contributed by atoms with van der Waals surface area (Å²) < 4.78 is 0. The third kappa shape index (κ3) is 5.02. The van der Waals surface area contributed by atoms with Crippen molar-refractivity contribution in [1.82, 2.24) is 5.32 Å². The summed E-state index contributed by atoms with van der Waals surface area (Å²) in [6.45, 7) is 4.70. The molecule has 0 atom stereocenters. The number of anilines is 2. The molecule has 23 heavy (non-hydrogen) atoms. The minimum atomic E-state index is -0.168. The number of nitrogens with zero attached hydrogens (tertiary/aromatic N) is 1. The van der Waals surface area contributed by atoms with Gasteiger partial charge in [-0.2, -0.15) is 0 Å². The standard InChI is InChI=1S/C19H25N3O/c1-14-5-8-17(13-15(14)2)21-19(23)20-12-11-16-6-9-18(10-7-16)22(3)4/h5-10,13H,11-12H2,1-4H3,(H2,20,21,23). The number of nitrogens with one attached hydrogen (secondary N) is 2. The molecule has 2 N–H and O–H groups in total. The average molecular weight is 311 g/mol. The van der Waals surface area contributed by atoms with E-state index in [1.165, 1.54) is 22.4 Å². The van der Waals surface area contributed by atoms with Crippen molar-refractivity contribution in [2.24, 2.45) is 0 Å². The largest absolute Gasteiger partial charge is 0.378 e. The molecule has 0 saturated heterocycles. The van der Waals surface area contributed by atoms with Gasteiger partial charge in [-0.15, -0.1) is 0 Å². The molecule has 0 fully saturated rings. The zero-order valence-electron chi connectivity index (χ0n) is 14.3. The Balaban J connectivity index is 1.79. The van der Waals surface area contributed by atoms with E-state index in [1.54, 1.807) is 0 Å². The summed E-state index contributed by atoms with van der Waals surface area (Å²) in [5.74, 6) is 0. The molecule has 0 saturated carbocycles. The third-order valence-corrected chi connectivity index (χ3v) is 3.92. The number of rotatable bonds is 5. The van der Waals surface area contributed by atoms with Gasteiger partial charge in [-0.1, -0.05) is 18.2 Å². The van der Waals surface area contributed by atoms with Gasteiger partial charge in [0.1, 0.15) is 0 Å². The van der Waals surface area contributed by atoms with E-state index in [2.05, 4.69) is 46.7 Å². The Morgan fingerprint density at radius 2 is 1.70 bits per heavy atom. The molecular formula is C19H25N3O. The lowest BCUT2D eigenvalue weighted by Gasteiger charge is -2.13. The summed E-state index contributed by atoms with van der Waals surface area (Å²) >= 11 is 0. The molecule has 2 aromatic carbocycles. The van der Waals surface area contributed by atoms with Crippen molar-refractivity contribution in [2.45, 2.75) is 20.3 Å². The van der Waals surface area contributed by atoms with Crippen LogP contribution in [0.15, 0.2) is 42.5 Å². The van der Waals surface area contributed by atoms with E-state index in [4.69, 9.17) is 0 Å². The fraction of sp³-hybridized carbons (Fsp3) is 0.316. The summed E-state index contributed by atoms with van der Waals surface area (Å²) in [5, 5.41) is 5.75. The molecule has 0 bridgehead atoms. The molecule has 0 aliphatic heterocycles. The van der Waals surface area contributed by atoms with Crippen LogP contribution in [0.2, 0.25) is 0 Å². The van der Waals surface area contributed by atoms with Gasteiger partial charge in [0.25, 0.3) is 0 Å². The topological polar surface area (TPSA) is 44.4 Å². The molecule has 0 spiro atoms. The maximum Gasteiger partial charge on any atom is 0.319 e. The van der Waals surface area contributed by atoms with Crippen molar-refractivity contribution >= 4 is 17.4 Å². The molecular weight excluding hydrogens is 286 g/mol. The molecule has 0 aromatic heterocycles. The highest BCUT2D eigenvalue weighted by molar-refractivity contribution is 5.89. The lowest BCUT2D eigenvalue weighted by atomic mass is 10.1. The van der Waals surface area contributed by atoms with Gasteiger partial charge >= 0.3 is 6.03 Å². The minimum Gasteiger partial charge on any atom is -0.378 e. The van der Waals surface area contributed by atoms with E-state index in [-0.39, 0.29) is 6.03 Å². The van der Waals surface area contributed by atoms with Crippen molar-refractivity contribution < 1.29 is 4.79 Å². The zero-order valence-corrected chi connectivity index (χ0v) is 14.3. The Morgan fingerprint density at radius 1 is 1.00 bits per heavy atom. The smallest absolute Gasteiger partial charge is 0.319 e. The van der Waals surface area contributed by atoms with Crippen LogP contribution in [-0.2, 0) is 6.42 Å². The van der Waals surface area contributed by atoms with Gasteiger partial charge in [-0.25, -0.2) is 4.79 Å². The molecule has 4 nitrogen and oxygen atoms in total. The highest BCUT2D eigenvalue weighted by Gasteiger charge is 2.03. The van der Waals surface area contributed by atoms with Gasteiger partial charge in [-0.05, 0) is 61.2 Å². The van der Waals surface area contributed by atoms with E-state index in [9.17, 15) is 4.79 Å². The number of carbonyl (C=O) groups excluding carboxylic acids is 1. The van der Waals surface area contributed by atoms with Gasteiger partial charge in [0.2, 0.25) is 0 Å². The van der Waals surface area contributed by atoms with E-state index < -0.39 is 0 Å². The van der Waals surface area contributed by atoms with Crippen LogP contribution in [0.1, 0.15) is 16.7 Å². The highest BCUT2D eigenvalue weighted by Crippen LogP contribution is 2.14. The van der Waals surface area contributed by atoms with Crippen molar-refractivity contribution in [3.05, 3.63) is 59.2 Å². The molecule has 0 aliphatic rings. The first-order valence-corrected chi connectivity index (χ1v) is 7.84. The average Bonchev–Trinajstić information content (AvgIpc) is 2.51. The van der Waals surface area contributed by atoms with Gasteiger partial charge in [-0.3, -0.25) is 0 Å². The summed E-state index contributed by atoms with van der Waals surface area (Å²) in [7, 11) is 4.04. The van der Waals surface area contributed by atoms with E-state index >= 15 is 0 Å². The summed E-state index contributed by atoms with van der Waals surface area (Å²) in [5.41, 5.74) is 5.60. The van der Waals surface area contributed by atoms with Crippen LogP contribution >= 0.6 is 0 Å². The number of carbonyl (C=O) groups is 1. The van der Waals surface area contributed by atoms with Crippen LogP contribution in [0, 0.1) is 13.8 Å². The van der Waals surface area contributed by atoms with Crippen LogP contribution < -0.4 is 15.5 Å². The normalized spacial score (nSPS) is 10.3. The molecule has 2 aromatic rings. The predicted molar refractivity (Wildman–Crippen MR) is 97.4 cm³/mol. The first-order chi connectivity index (χ1) is 11.0. The number of benzene rings is 2. The second kappa shape index (κ2) is 7.68. The Hall–Kier alpha value is -2.49. The minimum absolute atomic E-state index is 0.168. The Labute approximate surface area is 138 Å². The van der Waals surface area contributed by atoms with Gasteiger partial charge in [0.05, 0.1) is 0 Å². The van der Waals surface area contributed by atoms with Gasteiger partial charge < -0.3 is 15.5 Å². The maximum absolute atomic E-state index is 11.9. The van der Waals surface area contributed by atoms with Crippen LogP contribution in [0.5, 0.6) is 0 Å². The van der Waals surface area contributed by atoms with Crippen LogP contribution in [-0.4, -0.2) is 26.7 Å². The Morgan fingerprint density at radius 3 is 2.30 bits per heavy atom. The number of amides is 2. The molecule has 122 valence electrons. The lowest BCUT2D eigenvalue weighted by Crippen LogP contribution is -2.30. The zero-order chi connectivity index (χ0) is 16.8. The second-order valence-electron chi connectivity index (χ2n) is 5.99. The van der Waals surface area contributed by atoms with E-state index in [0.29, 0.717) is 6.54 Å². The van der Waals surface area contributed by atoms with Crippen molar-refractivity contribution in [1.29, 1.82) is 0 Å². The first kappa shape index (κ1) is 16.9. The first-order valence-electron chi connectivity index (χ1n) is 7.84. The molecule has 0 radical (unpaired) electrons. The SMILES string of the molecule is Cc1ccc(NC(=O)NCCc2ccc(N(C)C)cc2)cc1C. The predicted octanol–water partition coefficient (Wildman–Crippen LogP) is 3.73. The summed E-state index contributed by atoms with van der Waals surface area (Å²) in [6, 6.07) is 14.1. The van der Waals surface area contributed by atoms with Crippen LogP contribution in [0.4, 0.5) is 16.2 Å². The molecule has 0 unspecified atom stereocenters. The van der Waals surface area contributed by atoms with Gasteiger partial charge in [0.15, 0.2) is 0 Å². The Bertz CT molecular complexity index is 663. The molecule has 4 heteroatoms. The van der Waals surface area contributed by atoms with E-state index in [0.717, 1.165) is 12.1 Å². The Kier molecular flexibility index (Phi) is 5.63. The fourth-order valence-corrected chi connectivity index (χ4v) is 2.28. The van der Waals surface area contributed by atoms with E-state index in [1.807, 2.05) is 39.2 Å². The molecule has 0 heterocycles. The molecule has 2 rings (SSSR count). The highest BCUT2D eigenvalue weighted by atomic mass is 16.2. The number of urea groups is 1. The van der Waals surface area contributed by atoms with Crippen molar-refractivity contribution in [3.8, 4) is 0 Å². The van der Waals surface area contributed by atoms with Crippen LogP contribution in [0.25, 0.3) is 0 Å².